The highest BCUT2D eigenvalue weighted by atomic mass is 16.5. The number of hydrogen-bond acceptors (Lipinski definition) is 3. The highest BCUT2D eigenvalue weighted by Gasteiger charge is 1.99. The van der Waals surface area contributed by atoms with E-state index in [-0.39, 0.29) is 12.1 Å². The Kier molecular flexibility index (Phi) is 9.72. The number of aliphatic hydroxyl groups excluding tert-OH is 1. The van der Waals surface area contributed by atoms with Crippen molar-refractivity contribution in [1.82, 2.24) is 0 Å². The molecule has 0 amide bonds. The van der Waals surface area contributed by atoms with Crippen LogP contribution in [0.25, 0.3) is 0 Å². The van der Waals surface area contributed by atoms with Crippen LogP contribution < -0.4 is 0 Å². The zero-order chi connectivity index (χ0) is 12.2. The van der Waals surface area contributed by atoms with Gasteiger partial charge in [0, 0.05) is 6.08 Å². The second-order valence-corrected chi connectivity index (χ2v) is 3.62. The lowest BCUT2D eigenvalue weighted by molar-refractivity contribution is -0.137. The molecule has 0 aromatic carbocycles. The van der Waals surface area contributed by atoms with Crippen LogP contribution in [0.3, 0.4) is 0 Å². The normalized spacial score (nSPS) is 12.6. The lowest BCUT2D eigenvalue weighted by Crippen LogP contribution is -2.03. The van der Waals surface area contributed by atoms with Gasteiger partial charge in [0.15, 0.2) is 0 Å². The van der Waals surface area contributed by atoms with Crippen LogP contribution in [-0.4, -0.2) is 23.8 Å². The average Bonchev–Trinajstić information content (AvgIpc) is 2.24. The molecule has 0 fully saturated rings. The molecule has 0 saturated carbocycles. The van der Waals surface area contributed by atoms with Crippen LogP contribution in [0.5, 0.6) is 0 Å². The summed E-state index contributed by atoms with van der Waals surface area (Å²) in [5.41, 5.74) is 0. The topological polar surface area (TPSA) is 46.5 Å². The maximum atomic E-state index is 10.9. The minimum Gasteiger partial charge on any atom is -0.463 e. The van der Waals surface area contributed by atoms with Gasteiger partial charge in [-0.3, -0.25) is 0 Å². The van der Waals surface area contributed by atoms with E-state index in [0.717, 1.165) is 25.7 Å². The summed E-state index contributed by atoms with van der Waals surface area (Å²) in [6.07, 6.45) is 8.96. The van der Waals surface area contributed by atoms with Gasteiger partial charge < -0.3 is 9.84 Å². The predicted molar refractivity (Wildman–Crippen MR) is 65.1 cm³/mol. The minimum atomic E-state index is -0.283. The molecule has 0 bridgehead atoms. The van der Waals surface area contributed by atoms with Crippen LogP contribution in [0.15, 0.2) is 24.8 Å². The van der Waals surface area contributed by atoms with Gasteiger partial charge in [-0.25, -0.2) is 4.79 Å². The molecule has 0 aliphatic rings. The summed E-state index contributed by atoms with van der Waals surface area (Å²) in [5, 5.41) is 9.40. The van der Waals surface area contributed by atoms with Crippen LogP contribution in [0.4, 0.5) is 0 Å². The Morgan fingerprint density at radius 2 is 2.25 bits per heavy atom. The second-order valence-electron chi connectivity index (χ2n) is 3.62. The fourth-order valence-electron chi connectivity index (χ4n) is 1.32. The van der Waals surface area contributed by atoms with Gasteiger partial charge in [-0.2, -0.15) is 0 Å². The monoisotopic (exact) mass is 226 g/mol. The Balaban J connectivity index is 3.39. The molecule has 0 heterocycles. The molecule has 0 spiro atoms. The molecular weight excluding hydrogens is 204 g/mol. The number of ether oxygens (including phenoxy) is 1. The van der Waals surface area contributed by atoms with Crippen molar-refractivity contribution in [1.29, 1.82) is 0 Å². The third-order valence-electron chi connectivity index (χ3n) is 2.14. The predicted octanol–water partition coefficient (Wildman–Crippen LogP) is 2.60. The van der Waals surface area contributed by atoms with Crippen molar-refractivity contribution in [2.45, 2.75) is 45.1 Å². The highest BCUT2D eigenvalue weighted by Crippen LogP contribution is 2.07. The van der Waals surface area contributed by atoms with Gasteiger partial charge in [-0.05, 0) is 32.6 Å². The molecule has 0 saturated heterocycles. The SMILES string of the molecule is C=CCC(O)CCCC/C=C/C(=O)OCC. The summed E-state index contributed by atoms with van der Waals surface area (Å²) in [4.78, 5) is 10.9. The number of unbranched alkanes of at least 4 members (excludes halogenated alkanes) is 2. The van der Waals surface area contributed by atoms with E-state index in [9.17, 15) is 9.90 Å². The summed E-state index contributed by atoms with van der Waals surface area (Å²) in [6.45, 7) is 5.77. The standard InChI is InChI=1S/C13H22O3/c1-3-9-12(14)10-7-5-6-8-11-13(15)16-4-2/h3,8,11-12,14H,1,4-7,9-10H2,2H3/b11-8+. The van der Waals surface area contributed by atoms with Gasteiger partial charge >= 0.3 is 5.97 Å². The molecule has 3 heteroatoms. The van der Waals surface area contributed by atoms with Gasteiger partial charge in [-0.1, -0.05) is 18.6 Å². The molecule has 0 aromatic heterocycles. The Bertz CT molecular complexity index is 221. The first-order valence-corrected chi connectivity index (χ1v) is 5.83. The number of allylic oxidation sites excluding steroid dienone is 1. The van der Waals surface area contributed by atoms with Crippen molar-refractivity contribution >= 4 is 5.97 Å². The fraction of sp³-hybridized carbons (Fsp3) is 0.615. The van der Waals surface area contributed by atoms with Crippen LogP contribution in [0, 0.1) is 0 Å². The largest absolute Gasteiger partial charge is 0.463 e. The molecule has 1 N–H and O–H groups in total. The van der Waals surface area contributed by atoms with E-state index in [1.807, 2.05) is 6.08 Å². The van der Waals surface area contributed by atoms with E-state index in [0.29, 0.717) is 13.0 Å². The molecule has 0 radical (unpaired) electrons. The van der Waals surface area contributed by atoms with Crippen molar-refractivity contribution < 1.29 is 14.6 Å². The summed E-state index contributed by atoms with van der Waals surface area (Å²) in [5.74, 6) is -0.283. The van der Waals surface area contributed by atoms with E-state index < -0.39 is 0 Å². The number of aliphatic hydroxyl groups is 1. The number of carbonyl (C=O) groups is 1. The van der Waals surface area contributed by atoms with Crippen molar-refractivity contribution in [3.63, 3.8) is 0 Å². The quantitative estimate of drug-likeness (QED) is 0.284. The van der Waals surface area contributed by atoms with Crippen molar-refractivity contribution in [3.8, 4) is 0 Å². The first-order chi connectivity index (χ1) is 7.70. The second kappa shape index (κ2) is 10.4. The van der Waals surface area contributed by atoms with Crippen LogP contribution in [0.1, 0.15) is 39.0 Å². The van der Waals surface area contributed by atoms with Gasteiger partial charge in [0.2, 0.25) is 0 Å². The maximum Gasteiger partial charge on any atom is 0.330 e. The van der Waals surface area contributed by atoms with Gasteiger partial charge in [0.1, 0.15) is 0 Å². The maximum absolute atomic E-state index is 10.9. The Labute approximate surface area is 97.8 Å². The summed E-state index contributed by atoms with van der Waals surface area (Å²) < 4.78 is 4.74. The third-order valence-corrected chi connectivity index (χ3v) is 2.14. The zero-order valence-corrected chi connectivity index (χ0v) is 10.0. The molecule has 0 aliphatic heterocycles. The molecule has 92 valence electrons. The molecule has 1 atom stereocenters. The van der Waals surface area contributed by atoms with Crippen molar-refractivity contribution in [2.24, 2.45) is 0 Å². The van der Waals surface area contributed by atoms with Gasteiger partial charge in [-0.15, -0.1) is 6.58 Å². The highest BCUT2D eigenvalue weighted by molar-refractivity contribution is 5.81. The first-order valence-electron chi connectivity index (χ1n) is 5.83. The Morgan fingerprint density at radius 3 is 2.88 bits per heavy atom. The molecule has 1 unspecified atom stereocenters. The summed E-state index contributed by atoms with van der Waals surface area (Å²) in [7, 11) is 0. The lowest BCUT2D eigenvalue weighted by Gasteiger charge is -2.05. The molecular formula is C13H22O3. The smallest absolute Gasteiger partial charge is 0.330 e. The van der Waals surface area contributed by atoms with E-state index in [4.69, 9.17) is 4.74 Å². The van der Waals surface area contributed by atoms with Gasteiger partial charge in [0.05, 0.1) is 12.7 Å². The van der Waals surface area contributed by atoms with Crippen molar-refractivity contribution in [3.05, 3.63) is 24.8 Å². The molecule has 16 heavy (non-hydrogen) atoms. The minimum absolute atomic E-state index is 0.272. The fourth-order valence-corrected chi connectivity index (χ4v) is 1.32. The number of carbonyl (C=O) groups excluding carboxylic acids is 1. The Morgan fingerprint density at radius 1 is 1.50 bits per heavy atom. The molecule has 0 aliphatic carbocycles. The first kappa shape index (κ1) is 14.9. The average molecular weight is 226 g/mol. The molecule has 0 rings (SSSR count). The molecule has 0 aromatic rings. The summed E-state index contributed by atoms with van der Waals surface area (Å²) in [6, 6.07) is 0. The van der Waals surface area contributed by atoms with Crippen LogP contribution >= 0.6 is 0 Å². The zero-order valence-electron chi connectivity index (χ0n) is 10.0. The summed E-state index contributed by atoms with van der Waals surface area (Å²) >= 11 is 0. The van der Waals surface area contributed by atoms with Crippen LogP contribution in [0.2, 0.25) is 0 Å². The number of rotatable bonds is 9. The van der Waals surface area contributed by atoms with E-state index >= 15 is 0 Å². The van der Waals surface area contributed by atoms with Gasteiger partial charge in [0.25, 0.3) is 0 Å². The van der Waals surface area contributed by atoms with E-state index in [2.05, 4.69) is 6.58 Å². The molecule has 3 nitrogen and oxygen atoms in total. The van der Waals surface area contributed by atoms with E-state index in [1.165, 1.54) is 6.08 Å². The van der Waals surface area contributed by atoms with Crippen LogP contribution in [-0.2, 0) is 9.53 Å². The number of hydrogen-bond donors (Lipinski definition) is 1. The van der Waals surface area contributed by atoms with Crippen molar-refractivity contribution in [2.75, 3.05) is 6.61 Å². The van der Waals surface area contributed by atoms with E-state index in [1.54, 1.807) is 13.0 Å². The Hall–Kier alpha value is -1.09. The lowest BCUT2D eigenvalue weighted by atomic mass is 10.1. The number of esters is 1. The third kappa shape index (κ3) is 9.46.